The Morgan fingerprint density at radius 3 is 1.51 bits per heavy atom. The van der Waals surface area contributed by atoms with E-state index in [4.69, 9.17) is 10.4 Å². The lowest BCUT2D eigenvalue weighted by Crippen LogP contribution is -2.63. The third-order valence-corrected chi connectivity index (χ3v) is 9.50. The molecule has 0 saturated heterocycles. The quantitative estimate of drug-likeness (QED) is 0.0122. The first kappa shape index (κ1) is 60.4. The molecule has 0 saturated carbocycles. The number of rotatable bonds is 35. The molecular formula is C36H63N11O20. The van der Waals surface area contributed by atoms with E-state index in [2.05, 4.69) is 26.5 Å². The SMILES string of the molecule is CCCCCCCC(O)CC(=O)NCC(=O)NC(C(=O)NC(CO)C(=O)NC(C(=O)NC(CCC[N+]([O-])=NO)C(=O)NC(CO)C(=O)NC(CCC[N+]([O-])=NO)C(=O)O)C(C)O)C(O)C(=O)O. The Hall–Kier alpha value is -6.57. The van der Waals surface area contributed by atoms with Gasteiger partial charge in [0.15, 0.2) is 29.7 Å². The van der Waals surface area contributed by atoms with Crippen molar-refractivity contribution >= 4 is 53.3 Å². The zero-order chi connectivity index (χ0) is 51.2. The highest BCUT2D eigenvalue weighted by Gasteiger charge is 2.38. The number of carbonyl (C=O) groups excluding carboxylic acids is 7. The molecule has 67 heavy (non-hydrogen) atoms. The fraction of sp³-hybridized carbons (Fsp3) is 0.750. The van der Waals surface area contributed by atoms with Gasteiger partial charge < -0.3 is 93.8 Å². The van der Waals surface area contributed by atoms with E-state index in [1.165, 1.54) is 0 Å². The van der Waals surface area contributed by atoms with Gasteiger partial charge in [-0.15, -0.1) is 0 Å². The first-order valence-corrected chi connectivity index (χ1v) is 21.0. The minimum Gasteiger partial charge on any atom is -0.597 e. The zero-order valence-electron chi connectivity index (χ0n) is 36.8. The van der Waals surface area contributed by atoms with Gasteiger partial charge in [-0.2, -0.15) is 0 Å². The van der Waals surface area contributed by atoms with Gasteiger partial charge in [-0.25, -0.2) is 9.59 Å². The Bertz CT molecular complexity index is 1700. The van der Waals surface area contributed by atoms with Crippen molar-refractivity contribution < 1.29 is 99.0 Å². The normalized spacial score (nSPS) is 15.7. The van der Waals surface area contributed by atoms with Crippen molar-refractivity contribution in [3.8, 4) is 0 Å². The van der Waals surface area contributed by atoms with Crippen molar-refractivity contribution in [2.24, 2.45) is 10.6 Å². The number of amides is 7. The van der Waals surface area contributed by atoms with Crippen LogP contribution in [0.25, 0.3) is 0 Å². The maximum atomic E-state index is 13.5. The molecule has 0 aromatic heterocycles. The number of aliphatic carboxylic acids is 2. The largest absolute Gasteiger partial charge is 0.597 e. The lowest BCUT2D eigenvalue weighted by molar-refractivity contribution is -0.556. The number of carboxylic acids is 2. The van der Waals surface area contributed by atoms with Gasteiger partial charge in [-0.1, -0.05) is 48.7 Å². The monoisotopic (exact) mass is 969 g/mol. The van der Waals surface area contributed by atoms with Crippen LogP contribution in [0, 0.1) is 10.4 Å². The molecule has 0 aromatic rings. The summed E-state index contributed by atoms with van der Waals surface area (Å²) >= 11 is 0. The molecule has 0 aliphatic rings. The van der Waals surface area contributed by atoms with Crippen molar-refractivity contribution in [2.75, 3.05) is 32.8 Å². The number of unbranched alkanes of at least 4 members (excludes halogenated alkanes) is 4. The van der Waals surface area contributed by atoms with Gasteiger partial charge in [0.1, 0.15) is 36.3 Å². The van der Waals surface area contributed by atoms with E-state index >= 15 is 0 Å². The van der Waals surface area contributed by atoms with E-state index in [1.54, 1.807) is 0 Å². The van der Waals surface area contributed by atoms with Gasteiger partial charge in [0.05, 0.1) is 38.4 Å². The van der Waals surface area contributed by atoms with Crippen LogP contribution in [0.1, 0.15) is 84.5 Å². The molecule has 0 heterocycles. The van der Waals surface area contributed by atoms with Crippen molar-refractivity contribution in [2.45, 2.75) is 139 Å². The van der Waals surface area contributed by atoms with E-state index in [0.29, 0.717) is 12.8 Å². The molecule has 0 bridgehead atoms. The van der Waals surface area contributed by atoms with Gasteiger partial charge in [-0.05, 0) is 26.2 Å². The molecule has 16 N–H and O–H groups in total. The Morgan fingerprint density at radius 2 is 1.01 bits per heavy atom. The fourth-order valence-electron chi connectivity index (χ4n) is 5.80. The highest BCUT2D eigenvalue weighted by molar-refractivity contribution is 5.98. The third kappa shape index (κ3) is 24.5. The van der Waals surface area contributed by atoms with Crippen LogP contribution in [0.4, 0.5) is 0 Å². The molecule has 0 rings (SSSR count). The second-order valence-corrected chi connectivity index (χ2v) is 15.0. The number of aliphatic hydroxyl groups excluding tert-OH is 5. The van der Waals surface area contributed by atoms with Crippen molar-refractivity contribution in [1.29, 1.82) is 0 Å². The van der Waals surface area contributed by atoms with Gasteiger partial charge in [0.25, 0.3) is 0 Å². The van der Waals surface area contributed by atoms with Crippen LogP contribution in [-0.2, 0) is 43.2 Å². The van der Waals surface area contributed by atoms with Crippen molar-refractivity contribution in [1.82, 2.24) is 37.2 Å². The summed E-state index contributed by atoms with van der Waals surface area (Å²) < 4.78 is 0. The summed E-state index contributed by atoms with van der Waals surface area (Å²) in [4.78, 5) is 114. The number of hydrogen-bond donors (Lipinski definition) is 16. The lowest BCUT2D eigenvalue weighted by Gasteiger charge is -2.28. The zero-order valence-corrected chi connectivity index (χ0v) is 36.8. The van der Waals surface area contributed by atoms with Crippen LogP contribution in [-0.4, -0.2) is 197 Å². The smallest absolute Gasteiger partial charge is 0.335 e. The van der Waals surface area contributed by atoms with Crippen LogP contribution in [0.3, 0.4) is 0 Å². The molecular weight excluding hydrogens is 906 g/mol. The molecule has 0 radical (unpaired) electrons. The molecule has 0 aliphatic heterocycles. The van der Waals surface area contributed by atoms with Crippen LogP contribution < -0.4 is 37.2 Å². The van der Waals surface area contributed by atoms with Crippen molar-refractivity contribution in [3.63, 3.8) is 0 Å². The molecule has 31 nitrogen and oxygen atoms in total. The summed E-state index contributed by atoms with van der Waals surface area (Å²) in [5.41, 5.74) is 0. The maximum Gasteiger partial charge on any atom is 0.335 e. The summed E-state index contributed by atoms with van der Waals surface area (Å²) in [5.74, 6) is -12.6. The van der Waals surface area contributed by atoms with E-state index in [0.717, 1.165) is 32.6 Å². The van der Waals surface area contributed by atoms with Gasteiger partial charge in [-0.3, -0.25) is 33.6 Å². The predicted molar refractivity (Wildman–Crippen MR) is 220 cm³/mol. The summed E-state index contributed by atoms with van der Waals surface area (Å²) in [7, 11) is 0. The second kappa shape index (κ2) is 33.0. The maximum absolute atomic E-state index is 13.5. The number of hydrogen-bond acceptors (Lipinski definition) is 18. The summed E-state index contributed by atoms with van der Waals surface area (Å²) in [6.07, 6.45) is -2.57. The molecule has 31 heteroatoms. The topological polar surface area (TPSA) is 497 Å². The molecule has 9 unspecified atom stereocenters. The number of aliphatic hydroxyl groups is 5. The second-order valence-electron chi connectivity index (χ2n) is 15.0. The van der Waals surface area contributed by atoms with E-state index in [9.17, 15) is 89.3 Å². The van der Waals surface area contributed by atoms with Gasteiger partial charge in [0, 0.05) is 12.8 Å². The van der Waals surface area contributed by atoms with E-state index < -0.39 is 147 Å². The Morgan fingerprint density at radius 1 is 0.552 bits per heavy atom. The minimum atomic E-state index is -2.67. The molecule has 382 valence electrons. The molecule has 0 spiro atoms. The number of hydroxylamine groups is 2. The molecule has 9 atom stereocenters. The standard InChI is InChI=1S/C36H63N11O20/c1-3-4-5-6-7-10-20(51)15-25(52)37-16-26(53)42-28(29(54)36(62)63)34(59)41-24(18-49)32(57)43-27(19(2)50)33(58)38-21(11-8-13-46(66)44-64)30(55)40-23(17-48)31(56)39-22(35(60)61)12-9-14-47(67)45-65/h19-24,27-29,48-51,54,64-65H,3-18H2,1-2H3,(H,37,52)(H,38,58)(H,39,56)(H,40,55)(H,41,59)(H,42,53)(H,43,57)(H,60,61)(H,62,63). The highest BCUT2D eigenvalue weighted by atomic mass is 16.6. The average Bonchev–Trinajstić information content (AvgIpc) is 3.28. The summed E-state index contributed by atoms with van der Waals surface area (Å²) in [6.45, 7) is -1.37. The van der Waals surface area contributed by atoms with E-state index in [1.807, 2.05) is 28.2 Å². The lowest BCUT2D eigenvalue weighted by atomic mass is 10.1. The molecule has 0 aromatic carbocycles. The molecule has 7 amide bonds. The Labute approximate surface area is 382 Å². The molecule has 0 aliphatic carbocycles. The first-order chi connectivity index (χ1) is 31.6. The van der Waals surface area contributed by atoms with Crippen LogP contribution in [0.15, 0.2) is 10.6 Å². The predicted octanol–water partition coefficient (Wildman–Crippen LogP) is -5.72. The summed E-state index contributed by atoms with van der Waals surface area (Å²) in [5, 5.41) is 128. The number of nitrogens with zero attached hydrogens (tertiary/aromatic N) is 4. The number of carboxylic acid groups (broad SMARTS) is 2. The molecule has 0 fully saturated rings. The average molecular weight is 970 g/mol. The van der Waals surface area contributed by atoms with Crippen molar-refractivity contribution in [3.05, 3.63) is 10.4 Å². The minimum absolute atomic E-state index is 0.169. The number of nitrogens with one attached hydrogen (secondary N) is 7. The first-order valence-electron chi connectivity index (χ1n) is 21.0. The van der Waals surface area contributed by atoms with Gasteiger partial charge >= 0.3 is 11.9 Å². The Balaban J connectivity index is 6.01. The highest BCUT2D eigenvalue weighted by Crippen LogP contribution is 2.10. The third-order valence-electron chi connectivity index (χ3n) is 9.50. The van der Waals surface area contributed by atoms with E-state index in [-0.39, 0.29) is 35.4 Å². The van der Waals surface area contributed by atoms with Crippen LogP contribution >= 0.6 is 0 Å². The van der Waals surface area contributed by atoms with Crippen LogP contribution in [0.2, 0.25) is 0 Å². The Kier molecular flexibility index (Phi) is 29.8. The summed E-state index contributed by atoms with van der Waals surface area (Å²) in [6, 6.07) is -11.9. The fourth-order valence-corrected chi connectivity index (χ4v) is 5.80. The van der Waals surface area contributed by atoms with Gasteiger partial charge in [0.2, 0.25) is 41.4 Å². The number of carbonyl (C=O) groups is 9. The van der Waals surface area contributed by atoms with Crippen LogP contribution in [0.5, 0.6) is 0 Å².